The number of rotatable bonds is 3. The first kappa shape index (κ1) is 17.2. The van der Waals surface area contributed by atoms with E-state index in [9.17, 15) is 4.79 Å². The van der Waals surface area contributed by atoms with Gasteiger partial charge in [-0.1, -0.05) is 59.2 Å². The van der Waals surface area contributed by atoms with Crippen LogP contribution >= 0.6 is 35.0 Å². The van der Waals surface area contributed by atoms with Gasteiger partial charge in [0.2, 0.25) is 5.91 Å². The quantitative estimate of drug-likeness (QED) is 0.571. The Morgan fingerprint density at radius 1 is 1.12 bits per heavy atom. The molecule has 0 atom stereocenters. The van der Waals surface area contributed by atoms with Crippen LogP contribution in [0.3, 0.4) is 0 Å². The predicted molar refractivity (Wildman–Crippen MR) is 112 cm³/mol. The Hall–Kier alpha value is -2.21. The molecule has 0 unspecified atom stereocenters. The van der Waals surface area contributed by atoms with Gasteiger partial charge in [-0.15, -0.1) is 0 Å². The molecular weight excluding hydrogens is 389 g/mol. The molecule has 0 saturated carbocycles. The van der Waals surface area contributed by atoms with Crippen molar-refractivity contribution in [3.8, 4) is 0 Å². The van der Waals surface area contributed by atoms with Crippen LogP contribution in [0.4, 0.5) is 17.1 Å². The summed E-state index contributed by atoms with van der Waals surface area (Å²) in [5, 5.41) is 9.93. The summed E-state index contributed by atoms with van der Waals surface area (Å²) in [7, 11) is 0. The average Bonchev–Trinajstić information content (AvgIpc) is 2.63. The van der Waals surface area contributed by atoms with Crippen molar-refractivity contribution in [1.82, 2.24) is 0 Å². The third kappa shape index (κ3) is 3.51. The van der Waals surface area contributed by atoms with E-state index in [1.54, 1.807) is 18.2 Å². The Kier molecular flexibility index (Phi) is 4.76. The van der Waals surface area contributed by atoms with Crippen molar-refractivity contribution in [1.29, 1.82) is 0 Å². The summed E-state index contributed by atoms with van der Waals surface area (Å²) < 4.78 is 0. The maximum absolute atomic E-state index is 12.2. The van der Waals surface area contributed by atoms with Gasteiger partial charge in [0.25, 0.3) is 0 Å². The summed E-state index contributed by atoms with van der Waals surface area (Å²) in [5.74, 6) is 0.0213. The Bertz CT molecular complexity index is 1050. The van der Waals surface area contributed by atoms with Crippen LogP contribution in [0.25, 0.3) is 10.8 Å². The third-order valence-corrected chi connectivity index (χ3v) is 5.33. The molecule has 130 valence electrons. The summed E-state index contributed by atoms with van der Waals surface area (Å²) in [4.78, 5) is 16.9. The second-order valence-electron chi connectivity index (χ2n) is 5.68. The number of aliphatic imine (C=N–C) groups is 1. The highest BCUT2D eigenvalue weighted by Crippen LogP contribution is 2.37. The Morgan fingerprint density at radius 2 is 1.92 bits per heavy atom. The largest absolute Gasteiger partial charge is 0.334 e. The first-order chi connectivity index (χ1) is 12.6. The van der Waals surface area contributed by atoms with Crippen molar-refractivity contribution in [3.05, 3.63) is 64.6 Å². The summed E-state index contributed by atoms with van der Waals surface area (Å²) >= 11 is 13.3. The number of carbonyl (C=O) groups excluding carboxylic acids is 1. The Morgan fingerprint density at radius 3 is 2.77 bits per heavy atom. The number of halogens is 2. The summed E-state index contributed by atoms with van der Waals surface area (Å²) in [6.45, 7) is 0. The maximum Gasteiger partial charge on any atom is 0.234 e. The van der Waals surface area contributed by atoms with Crippen LogP contribution < -0.4 is 10.6 Å². The van der Waals surface area contributed by atoms with Crippen LogP contribution in [-0.4, -0.2) is 16.8 Å². The van der Waals surface area contributed by atoms with Gasteiger partial charge in [0.1, 0.15) is 0 Å². The molecule has 7 heteroatoms. The Balaban J connectivity index is 1.47. The van der Waals surface area contributed by atoms with E-state index in [-0.39, 0.29) is 11.7 Å². The van der Waals surface area contributed by atoms with Gasteiger partial charge in [-0.05, 0) is 35.7 Å². The number of hydrogen-bond donors (Lipinski definition) is 2. The van der Waals surface area contributed by atoms with Crippen LogP contribution in [-0.2, 0) is 4.79 Å². The molecule has 1 aliphatic heterocycles. The van der Waals surface area contributed by atoms with Crippen molar-refractivity contribution < 1.29 is 4.79 Å². The number of carbonyl (C=O) groups is 1. The van der Waals surface area contributed by atoms with Gasteiger partial charge >= 0.3 is 0 Å². The number of benzene rings is 3. The lowest BCUT2D eigenvalue weighted by Gasteiger charge is -2.18. The van der Waals surface area contributed by atoms with E-state index >= 15 is 0 Å². The lowest BCUT2D eigenvalue weighted by molar-refractivity contribution is -0.113. The zero-order chi connectivity index (χ0) is 18.1. The number of thioether (sulfide) groups is 1. The molecule has 4 rings (SSSR count). The smallest absolute Gasteiger partial charge is 0.234 e. The van der Waals surface area contributed by atoms with Gasteiger partial charge in [0, 0.05) is 10.4 Å². The van der Waals surface area contributed by atoms with Gasteiger partial charge in [-0.2, -0.15) is 0 Å². The van der Waals surface area contributed by atoms with Crippen LogP contribution in [0, 0.1) is 0 Å². The van der Waals surface area contributed by atoms with Crippen molar-refractivity contribution in [3.63, 3.8) is 0 Å². The first-order valence-electron chi connectivity index (χ1n) is 7.85. The first-order valence-corrected chi connectivity index (χ1v) is 9.59. The molecule has 26 heavy (non-hydrogen) atoms. The predicted octanol–water partition coefficient (Wildman–Crippen LogP) is 5.93. The van der Waals surface area contributed by atoms with E-state index in [0.29, 0.717) is 20.9 Å². The fourth-order valence-electron chi connectivity index (χ4n) is 2.75. The van der Waals surface area contributed by atoms with Gasteiger partial charge in [-0.25, -0.2) is 4.99 Å². The minimum atomic E-state index is -0.180. The van der Waals surface area contributed by atoms with Crippen molar-refractivity contribution in [2.75, 3.05) is 16.4 Å². The molecule has 0 bridgehead atoms. The third-order valence-electron chi connectivity index (χ3n) is 3.89. The summed E-state index contributed by atoms with van der Waals surface area (Å²) in [5.41, 5.74) is 2.39. The molecule has 0 fully saturated rings. The molecule has 0 saturated heterocycles. The van der Waals surface area contributed by atoms with E-state index in [4.69, 9.17) is 23.2 Å². The number of amides is 1. The molecular formula is C19H13Cl2N3OS. The second kappa shape index (κ2) is 7.19. The number of anilines is 2. The van der Waals surface area contributed by atoms with Crippen molar-refractivity contribution >= 4 is 73.9 Å². The van der Waals surface area contributed by atoms with Crippen molar-refractivity contribution in [2.45, 2.75) is 0 Å². The van der Waals surface area contributed by atoms with E-state index in [1.165, 1.54) is 11.8 Å². The normalized spacial score (nSPS) is 12.5. The monoisotopic (exact) mass is 401 g/mol. The standard InChI is InChI=1S/C19H13Cl2N3OS/c20-12-7-8-13(21)16(9-12)22-17(25)10-26-19-23-14-5-1-3-11-4-2-6-15(24-19)18(11)14/h1-9H,10H2,(H,22,25)(H,23,24). The Labute approximate surface area is 164 Å². The highest BCUT2D eigenvalue weighted by molar-refractivity contribution is 8.14. The van der Waals surface area contributed by atoms with Crippen LogP contribution in [0.1, 0.15) is 0 Å². The van der Waals surface area contributed by atoms with Crippen LogP contribution in [0.5, 0.6) is 0 Å². The highest BCUT2D eigenvalue weighted by atomic mass is 35.5. The van der Waals surface area contributed by atoms with Gasteiger partial charge in [0.05, 0.1) is 27.8 Å². The van der Waals surface area contributed by atoms with Crippen LogP contribution in [0.15, 0.2) is 59.6 Å². The number of amidine groups is 1. The lowest BCUT2D eigenvalue weighted by Crippen LogP contribution is -2.18. The fraction of sp³-hybridized carbons (Fsp3) is 0.0526. The van der Waals surface area contributed by atoms with Crippen LogP contribution in [0.2, 0.25) is 10.0 Å². The number of nitrogens with zero attached hydrogens (tertiary/aromatic N) is 1. The van der Waals surface area contributed by atoms with Gasteiger partial charge in [0.15, 0.2) is 5.17 Å². The molecule has 4 nitrogen and oxygen atoms in total. The molecule has 3 aromatic rings. The lowest BCUT2D eigenvalue weighted by atomic mass is 10.1. The van der Waals surface area contributed by atoms with Gasteiger partial charge in [-0.3, -0.25) is 4.79 Å². The maximum atomic E-state index is 12.2. The van der Waals surface area contributed by atoms with Gasteiger partial charge < -0.3 is 10.6 Å². The molecule has 1 heterocycles. The molecule has 0 aromatic heterocycles. The fourth-order valence-corrected chi connectivity index (χ4v) is 3.77. The number of hydrogen-bond acceptors (Lipinski definition) is 4. The molecule has 0 spiro atoms. The number of nitrogens with one attached hydrogen (secondary N) is 2. The average molecular weight is 402 g/mol. The van der Waals surface area contributed by atoms with E-state index in [1.807, 2.05) is 24.3 Å². The minimum Gasteiger partial charge on any atom is -0.334 e. The zero-order valence-electron chi connectivity index (χ0n) is 13.4. The van der Waals surface area contributed by atoms with E-state index < -0.39 is 0 Å². The molecule has 2 N–H and O–H groups in total. The molecule has 0 aliphatic carbocycles. The summed E-state index contributed by atoms with van der Waals surface area (Å²) in [6, 6.07) is 17.0. The van der Waals surface area contributed by atoms with Crippen molar-refractivity contribution in [2.24, 2.45) is 4.99 Å². The summed E-state index contributed by atoms with van der Waals surface area (Å²) in [6.07, 6.45) is 0. The topological polar surface area (TPSA) is 53.5 Å². The minimum absolute atomic E-state index is 0.180. The zero-order valence-corrected chi connectivity index (χ0v) is 15.8. The van der Waals surface area contributed by atoms with E-state index in [0.717, 1.165) is 22.1 Å². The SMILES string of the molecule is O=C(CSC1=Nc2cccc3cccc(c23)N1)Nc1cc(Cl)ccc1Cl. The molecule has 3 aromatic carbocycles. The second-order valence-corrected chi connectivity index (χ2v) is 7.49. The molecule has 1 aliphatic rings. The highest BCUT2D eigenvalue weighted by Gasteiger charge is 2.16. The molecule has 0 radical (unpaired) electrons. The van der Waals surface area contributed by atoms with E-state index in [2.05, 4.69) is 27.8 Å². The molecule has 1 amide bonds.